The van der Waals surface area contributed by atoms with Crippen LogP contribution >= 0.6 is 0 Å². The van der Waals surface area contributed by atoms with Gasteiger partial charge in [0.05, 0.1) is 0 Å². The van der Waals surface area contributed by atoms with Gasteiger partial charge in [-0.05, 0) is 44.9 Å². The maximum absolute atomic E-state index is 12.1. The molecule has 0 bridgehead atoms. The first-order valence-corrected chi connectivity index (χ1v) is 12.2. The van der Waals surface area contributed by atoms with Gasteiger partial charge < -0.3 is 25.3 Å². The van der Waals surface area contributed by atoms with Crippen molar-refractivity contribution in [3.8, 4) is 0 Å². The Morgan fingerprint density at radius 3 is 2.00 bits per heavy atom. The van der Waals surface area contributed by atoms with Crippen LogP contribution in [0, 0.1) is 0 Å². The van der Waals surface area contributed by atoms with Crippen molar-refractivity contribution >= 4 is 29.0 Å². The number of piperidine rings is 1. The van der Waals surface area contributed by atoms with E-state index in [1.54, 1.807) is 0 Å². The lowest BCUT2D eigenvalue weighted by Crippen LogP contribution is -2.44. The zero-order valence-electron chi connectivity index (χ0n) is 18.7. The van der Waals surface area contributed by atoms with E-state index in [2.05, 4.69) is 25.3 Å². The van der Waals surface area contributed by atoms with Gasteiger partial charge in [0.1, 0.15) is 23.0 Å². The number of hydrogen-bond donors (Lipinski definition) is 2. The van der Waals surface area contributed by atoms with Crippen LogP contribution in [0.2, 0.25) is 0 Å². The van der Waals surface area contributed by atoms with Gasteiger partial charge in [-0.3, -0.25) is 9.59 Å². The standard InChI is InChI=1S/C23H33N7O2/c31-21-19(20(22(21)32)29-12-2-1-3-13-29)25-9-8-24-17-16-18(28-10-4-5-11-28)27-23(26-17)30-14-6-7-15-30/h16,25H,1-15H2,(H,24,26,27). The van der Waals surface area contributed by atoms with Crippen LogP contribution < -0.4 is 36.2 Å². The van der Waals surface area contributed by atoms with E-state index in [0.29, 0.717) is 24.5 Å². The van der Waals surface area contributed by atoms with E-state index in [1.165, 1.54) is 32.1 Å². The highest BCUT2D eigenvalue weighted by atomic mass is 16.2. The van der Waals surface area contributed by atoms with Crippen LogP contribution in [0.1, 0.15) is 44.9 Å². The molecule has 172 valence electrons. The molecule has 0 radical (unpaired) electrons. The van der Waals surface area contributed by atoms with E-state index in [-0.39, 0.29) is 10.9 Å². The summed E-state index contributed by atoms with van der Waals surface area (Å²) in [6, 6.07) is 2.03. The summed E-state index contributed by atoms with van der Waals surface area (Å²) in [5.41, 5.74) is 0.338. The summed E-state index contributed by atoms with van der Waals surface area (Å²) in [5, 5.41) is 6.59. The molecule has 9 nitrogen and oxygen atoms in total. The molecule has 2 N–H and O–H groups in total. The first kappa shape index (κ1) is 21.0. The third-order valence-electron chi connectivity index (χ3n) is 6.81. The molecule has 0 spiro atoms. The van der Waals surface area contributed by atoms with Crippen molar-refractivity contribution in [2.24, 2.45) is 0 Å². The maximum Gasteiger partial charge on any atom is 0.253 e. The van der Waals surface area contributed by atoms with Crippen molar-refractivity contribution in [3.63, 3.8) is 0 Å². The predicted octanol–water partition coefficient (Wildman–Crippen LogP) is 1.79. The van der Waals surface area contributed by atoms with Gasteiger partial charge >= 0.3 is 0 Å². The molecule has 0 atom stereocenters. The van der Waals surface area contributed by atoms with Crippen molar-refractivity contribution in [2.75, 3.05) is 77.7 Å². The first-order chi connectivity index (χ1) is 15.7. The number of nitrogens with one attached hydrogen (secondary N) is 2. The van der Waals surface area contributed by atoms with E-state index in [4.69, 9.17) is 9.97 Å². The monoisotopic (exact) mass is 439 g/mol. The van der Waals surface area contributed by atoms with E-state index < -0.39 is 0 Å². The van der Waals surface area contributed by atoms with E-state index in [9.17, 15) is 9.59 Å². The zero-order chi connectivity index (χ0) is 21.9. The molecule has 0 aliphatic carbocycles. The predicted molar refractivity (Wildman–Crippen MR) is 129 cm³/mol. The fourth-order valence-electron chi connectivity index (χ4n) is 5.02. The third kappa shape index (κ3) is 4.25. The van der Waals surface area contributed by atoms with Gasteiger partial charge in [-0.2, -0.15) is 9.97 Å². The lowest BCUT2D eigenvalue weighted by Gasteiger charge is -2.31. The number of hydrogen-bond acceptors (Lipinski definition) is 9. The second-order valence-electron chi connectivity index (χ2n) is 9.08. The van der Waals surface area contributed by atoms with Crippen LogP contribution in [0.4, 0.5) is 29.0 Å². The number of aromatic nitrogens is 2. The van der Waals surface area contributed by atoms with Gasteiger partial charge in [-0.25, -0.2) is 0 Å². The average Bonchev–Trinajstić information content (AvgIpc) is 3.55. The second-order valence-corrected chi connectivity index (χ2v) is 9.08. The molecular weight excluding hydrogens is 406 g/mol. The van der Waals surface area contributed by atoms with Crippen LogP contribution in [-0.2, 0) is 0 Å². The Bertz CT molecular complexity index is 964. The summed E-state index contributed by atoms with van der Waals surface area (Å²) in [7, 11) is 0. The third-order valence-corrected chi connectivity index (χ3v) is 6.81. The highest BCUT2D eigenvalue weighted by molar-refractivity contribution is 5.75. The SMILES string of the molecule is O=c1c(NCCNc2cc(N3CCCC3)nc(N3CCCC3)n2)c(N2CCCCC2)c1=O. The lowest BCUT2D eigenvalue weighted by atomic mass is 10.1. The average molecular weight is 440 g/mol. The van der Waals surface area contributed by atoms with Crippen molar-refractivity contribution in [3.05, 3.63) is 26.5 Å². The maximum atomic E-state index is 12.1. The number of nitrogens with zero attached hydrogens (tertiary/aromatic N) is 5. The Labute approximate surface area is 188 Å². The normalized spacial score (nSPS) is 19.2. The first-order valence-electron chi connectivity index (χ1n) is 12.2. The Balaban J connectivity index is 1.23. The molecule has 3 aliphatic rings. The van der Waals surface area contributed by atoms with Crippen LogP contribution in [0.3, 0.4) is 0 Å². The molecule has 2 aromatic rings. The molecule has 1 aromatic carbocycles. The van der Waals surface area contributed by atoms with Gasteiger partial charge in [-0.15, -0.1) is 0 Å². The molecule has 1 aromatic heterocycles. The van der Waals surface area contributed by atoms with Crippen molar-refractivity contribution in [1.82, 2.24) is 9.97 Å². The van der Waals surface area contributed by atoms with Gasteiger partial charge in [0.2, 0.25) is 5.95 Å². The molecule has 0 amide bonds. The van der Waals surface area contributed by atoms with Crippen LogP contribution in [0.5, 0.6) is 0 Å². The zero-order valence-corrected chi connectivity index (χ0v) is 18.7. The number of anilines is 5. The van der Waals surface area contributed by atoms with E-state index >= 15 is 0 Å². The molecule has 4 heterocycles. The largest absolute Gasteiger partial charge is 0.378 e. The molecule has 32 heavy (non-hydrogen) atoms. The smallest absolute Gasteiger partial charge is 0.253 e. The molecule has 3 fully saturated rings. The molecule has 0 unspecified atom stereocenters. The highest BCUT2D eigenvalue weighted by Crippen LogP contribution is 2.26. The number of rotatable bonds is 8. The summed E-state index contributed by atoms with van der Waals surface area (Å²) >= 11 is 0. The quantitative estimate of drug-likeness (QED) is 0.472. The molecule has 3 saturated heterocycles. The summed E-state index contributed by atoms with van der Waals surface area (Å²) in [4.78, 5) is 40.5. The van der Waals surface area contributed by atoms with E-state index in [1.807, 2.05) is 6.07 Å². The van der Waals surface area contributed by atoms with Crippen LogP contribution in [0.15, 0.2) is 15.7 Å². The van der Waals surface area contributed by atoms with Gasteiger partial charge in [-0.1, -0.05) is 0 Å². The molecule has 9 heteroatoms. The minimum Gasteiger partial charge on any atom is -0.378 e. The minimum absolute atomic E-state index is 0.344. The fourth-order valence-corrected chi connectivity index (χ4v) is 5.02. The molecule has 3 aliphatic heterocycles. The van der Waals surface area contributed by atoms with Crippen LogP contribution in [0.25, 0.3) is 0 Å². The summed E-state index contributed by atoms with van der Waals surface area (Å²) in [5.74, 6) is 2.61. The summed E-state index contributed by atoms with van der Waals surface area (Å²) in [6.45, 7) is 6.97. The molecule has 5 rings (SSSR count). The van der Waals surface area contributed by atoms with E-state index in [0.717, 1.165) is 69.7 Å². The Hall–Kier alpha value is -2.84. The Morgan fingerprint density at radius 2 is 1.28 bits per heavy atom. The highest BCUT2D eigenvalue weighted by Gasteiger charge is 2.26. The Kier molecular flexibility index (Phi) is 6.14. The van der Waals surface area contributed by atoms with Crippen LogP contribution in [-0.4, -0.2) is 62.3 Å². The molecular formula is C23H33N7O2. The Morgan fingerprint density at radius 1 is 0.688 bits per heavy atom. The lowest BCUT2D eigenvalue weighted by molar-refractivity contribution is 0.576. The van der Waals surface area contributed by atoms with Crippen molar-refractivity contribution in [1.29, 1.82) is 0 Å². The van der Waals surface area contributed by atoms with Crippen molar-refractivity contribution in [2.45, 2.75) is 44.9 Å². The second kappa shape index (κ2) is 9.34. The van der Waals surface area contributed by atoms with Gasteiger partial charge in [0.25, 0.3) is 10.9 Å². The van der Waals surface area contributed by atoms with Gasteiger partial charge in [0, 0.05) is 58.4 Å². The minimum atomic E-state index is -0.389. The summed E-state index contributed by atoms with van der Waals surface area (Å²) in [6.07, 6.45) is 8.12. The fraction of sp³-hybridized carbons (Fsp3) is 0.652. The topological polar surface area (TPSA) is 93.7 Å². The molecule has 0 saturated carbocycles. The summed E-state index contributed by atoms with van der Waals surface area (Å²) < 4.78 is 0. The van der Waals surface area contributed by atoms with Crippen molar-refractivity contribution < 1.29 is 0 Å². The van der Waals surface area contributed by atoms with Gasteiger partial charge in [0.15, 0.2) is 0 Å².